The molecule has 1 aliphatic carbocycles. The van der Waals surface area contributed by atoms with Crippen LogP contribution in [-0.2, 0) is 4.74 Å². The van der Waals surface area contributed by atoms with Gasteiger partial charge in [0.25, 0.3) is 0 Å². The van der Waals surface area contributed by atoms with E-state index in [1.54, 1.807) is 0 Å². The van der Waals surface area contributed by atoms with E-state index in [1.807, 2.05) is 0 Å². The zero-order valence-corrected chi connectivity index (χ0v) is 10.8. The highest BCUT2D eigenvalue weighted by molar-refractivity contribution is 5.57. The lowest BCUT2D eigenvalue weighted by Crippen LogP contribution is -2.26. The molecule has 18 heavy (non-hydrogen) atoms. The first kappa shape index (κ1) is 12.0. The zero-order valence-electron chi connectivity index (χ0n) is 10.8. The molecule has 2 N–H and O–H groups in total. The lowest BCUT2D eigenvalue weighted by molar-refractivity contribution is 0.126. The first-order valence-corrected chi connectivity index (χ1v) is 7.05. The Morgan fingerprint density at radius 3 is 3.06 bits per heavy atom. The van der Waals surface area contributed by atoms with Crippen molar-refractivity contribution in [2.24, 2.45) is 5.92 Å². The van der Waals surface area contributed by atoms with Crippen molar-refractivity contribution in [1.29, 1.82) is 0 Å². The van der Waals surface area contributed by atoms with Crippen LogP contribution in [0.1, 0.15) is 24.3 Å². The summed E-state index contributed by atoms with van der Waals surface area (Å²) in [4.78, 5) is 0. The Bertz CT molecular complexity index is 390. The van der Waals surface area contributed by atoms with E-state index in [-0.39, 0.29) is 0 Å². The van der Waals surface area contributed by atoms with Gasteiger partial charge in [-0.05, 0) is 30.4 Å². The lowest BCUT2D eigenvalue weighted by Gasteiger charge is -2.11. The molecule has 1 aromatic rings. The molecule has 1 atom stereocenters. The molecule has 0 spiro atoms. The highest BCUT2D eigenvalue weighted by Gasteiger charge is 2.21. The van der Waals surface area contributed by atoms with Crippen molar-refractivity contribution in [2.45, 2.75) is 18.8 Å². The fraction of sp³-hybridized carbons (Fsp3) is 0.600. The maximum Gasteiger partial charge on any atom is 0.0591 e. The summed E-state index contributed by atoms with van der Waals surface area (Å²) in [5, 5.41) is 6.95. The molecule has 0 radical (unpaired) electrons. The molecule has 1 saturated carbocycles. The minimum Gasteiger partial charge on any atom is -0.384 e. The molecule has 0 amide bonds. The van der Waals surface area contributed by atoms with Gasteiger partial charge in [-0.1, -0.05) is 18.2 Å². The topological polar surface area (TPSA) is 33.3 Å². The van der Waals surface area contributed by atoms with Crippen LogP contribution in [0.15, 0.2) is 24.3 Å². The maximum atomic E-state index is 5.61. The second kappa shape index (κ2) is 5.72. The molecule has 3 nitrogen and oxygen atoms in total. The molecule has 1 unspecified atom stereocenters. The van der Waals surface area contributed by atoms with Gasteiger partial charge in [0.15, 0.2) is 0 Å². The van der Waals surface area contributed by atoms with Crippen molar-refractivity contribution in [3.8, 4) is 0 Å². The van der Waals surface area contributed by atoms with Crippen molar-refractivity contribution in [3.63, 3.8) is 0 Å². The van der Waals surface area contributed by atoms with Crippen molar-refractivity contribution < 1.29 is 4.74 Å². The van der Waals surface area contributed by atoms with Crippen molar-refractivity contribution in [1.82, 2.24) is 5.32 Å². The van der Waals surface area contributed by atoms with Gasteiger partial charge in [0, 0.05) is 37.8 Å². The van der Waals surface area contributed by atoms with Gasteiger partial charge in [0.2, 0.25) is 0 Å². The van der Waals surface area contributed by atoms with Crippen LogP contribution in [-0.4, -0.2) is 32.8 Å². The third kappa shape index (κ3) is 3.03. The van der Waals surface area contributed by atoms with Crippen molar-refractivity contribution in [3.05, 3.63) is 29.8 Å². The Morgan fingerprint density at radius 2 is 2.17 bits per heavy atom. The number of anilines is 1. The molecular weight excluding hydrogens is 224 g/mol. The van der Waals surface area contributed by atoms with Gasteiger partial charge in [-0.3, -0.25) is 0 Å². The smallest absolute Gasteiger partial charge is 0.0591 e. The predicted molar refractivity (Wildman–Crippen MR) is 74.1 cm³/mol. The molecule has 1 aliphatic heterocycles. The van der Waals surface area contributed by atoms with E-state index in [2.05, 4.69) is 34.9 Å². The van der Waals surface area contributed by atoms with Crippen LogP contribution < -0.4 is 10.6 Å². The van der Waals surface area contributed by atoms with Gasteiger partial charge in [-0.25, -0.2) is 0 Å². The average Bonchev–Trinajstić information content (AvgIpc) is 3.14. The minimum atomic E-state index is 0.602. The summed E-state index contributed by atoms with van der Waals surface area (Å²) in [7, 11) is 0. The molecule has 0 aromatic heterocycles. The van der Waals surface area contributed by atoms with Crippen LogP contribution >= 0.6 is 0 Å². The fourth-order valence-corrected chi connectivity index (χ4v) is 2.49. The van der Waals surface area contributed by atoms with Crippen LogP contribution in [0.25, 0.3) is 0 Å². The highest BCUT2D eigenvalue weighted by atomic mass is 16.5. The monoisotopic (exact) mass is 246 g/mol. The van der Waals surface area contributed by atoms with E-state index in [1.165, 1.54) is 24.1 Å². The van der Waals surface area contributed by atoms with E-state index in [0.717, 1.165) is 38.8 Å². The molecule has 98 valence electrons. The molecule has 0 bridgehead atoms. The standard InChI is InChI=1S/C15H22N2O/c1-2-4-15-14(3-1)13(10-17-15)9-16-7-8-18-11-12-5-6-12/h1-4,12-13,16-17H,5-11H2. The quantitative estimate of drug-likeness (QED) is 0.724. The second-order valence-corrected chi connectivity index (χ2v) is 5.39. The average molecular weight is 246 g/mol. The SMILES string of the molecule is c1ccc2c(c1)NCC2CNCCOCC1CC1. The first-order valence-electron chi connectivity index (χ1n) is 7.05. The van der Waals surface area contributed by atoms with Crippen LogP contribution in [0, 0.1) is 5.92 Å². The van der Waals surface area contributed by atoms with E-state index in [4.69, 9.17) is 4.74 Å². The predicted octanol–water partition coefficient (Wildman–Crippen LogP) is 2.21. The molecule has 3 rings (SSSR count). The third-order valence-corrected chi connectivity index (χ3v) is 3.80. The molecule has 1 aromatic carbocycles. The summed E-state index contributed by atoms with van der Waals surface area (Å²) < 4.78 is 5.61. The van der Waals surface area contributed by atoms with E-state index >= 15 is 0 Å². The number of benzene rings is 1. The van der Waals surface area contributed by atoms with Crippen LogP contribution in [0.3, 0.4) is 0 Å². The van der Waals surface area contributed by atoms with Gasteiger partial charge in [0.1, 0.15) is 0 Å². The minimum absolute atomic E-state index is 0.602. The first-order chi connectivity index (χ1) is 8.93. The van der Waals surface area contributed by atoms with Gasteiger partial charge in [-0.2, -0.15) is 0 Å². The largest absolute Gasteiger partial charge is 0.384 e. The molecule has 1 heterocycles. The number of hydrogen-bond donors (Lipinski definition) is 2. The van der Waals surface area contributed by atoms with Crippen LogP contribution in [0.5, 0.6) is 0 Å². The summed E-state index contributed by atoms with van der Waals surface area (Å²) in [6, 6.07) is 8.60. The number of hydrogen-bond acceptors (Lipinski definition) is 3. The molecule has 0 saturated heterocycles. The summed E-state index contributed by atoms with van der Waals surface area (Å²) in [6.07, 6.45) is 2.75. The number of fused-ring (bicyclic) bond motifs is 1. The normalized spacial score (nSPS) is 21.7. The lowest BCUT2D eigenvalue weighted by atomic mass is 10.0. The van der Waals surface area contributed by atoms with Crippen molar-refractivity contribution >= 4 is 5.69 Å². The summed E-state index contributed by atoms with van der Waals surface area (Å²) in [6.45, 7) is 4.87. The Labute approximate surface area is 109 Å². The Balaban J connectivity index is 1.34. The maximum absolute atomic E-state index is 5.61. The number of ether oxygens (including phenoxy) is 1. The Morgan fingerprint density at radius 1 is 1.28 bits per heavy atom. The van der Waals surface area contributed by atoms with E-state index in [9.17, 15) is 0 Å². The van der Waals surface area contributed by atoms with Crippen LogP contribution in [0.4, 0.5) is 5.69 Å². The van der Waals surface area contributed by atoms with Gasteiger partial charge in [0.05, 0.1) is 6.61 Å². The van der Waals surface area contributed by atoms with Gasteiger partial charge >= 0.3 is 0 Å². The number of rotatable bonds is 7. The Hall–Kier alpha value is -1.06. The number of para-hydroxylation sites is 1. The van der Waals surface area contributed by atoms with Gasteiger partial charge in [-0.15, -0.1) is 0 Å². The summed E-state index contributed by atoms with van der Waals surface area (Å²) in [5.41, 5.74) is 2.75. The third-order valence-electron chi connectivity index (χ3n) is 3.80. The van der Waals surface area contributed by atoms with Crippen LogP contribution in [0.2, 0.25) is 0 Å². The second-order valence-electron chi connectivity index (χ2n) is 5.39. The Kier molecular flexibility index (Phi) is 3.81. The van der Waals surface area contributed by atoms with E-state index in [0.29, 0.717) is 5.92 Å². The molecule has 3 heteroatoms. The van der Waals surface area contributed by atoms with Crippen molar-refractivity contribution in [2.75, 3.05) is 38.2 Å². The molecule has 1 fully saturated rings. The summed E-state index contributed by atoms with van der Waals surface area (Å²) in [5.74, 6) is 1.47. The fourth-order valence-electron chi connectivity index (χ4n) is 2.49. The van der Waals surface area contributed by atoms with Gasteiger partial charge < -0.3 is 15.4 Å². The summed E-state index contributed by atoms with van der Waals surface area (Å²) >= 11 is 0. The molecule has 2 aliphatic rings. The van der Waals surface area contributed by atoms with E-state index < -0.39 is 0 Å². The number of nitrogens with one attached hydrogen (secondary N) is 2. The zero-order chi connectivity index (χ0) is 12.2. The molecular formula is C15H22N2O. The highest BCUT2D eigenvalue weighted by Crippen LogP contribution is 2.30.